The number of carbonyl (C=O) groups excluding carboxylic acids is 1. The molecule has 1 aromatic rings. The van der Waals surface area contributed by atoms with Gasteiger partial charge in [-0.05, 0) is 30.9 Å². The van der Waals surface area contributed by atoms with E-state index in [-0.39, 0.29) is 18.1 Å². The van der Waals surface area contributed by atoms with Gasteiger partial charge in [0.15, 0.2) is 0 Å². The Labute approximate surface area is 126 Å². The number of hydrogen-bond acceptors (Lipinski definition) is 2. The fourth-order valence-corrected chi connectivity index (χ4v) is 3.42. The van der Waals surface area contributed by atoms with Crippen molar-refractivity contribution in [2.24, 2.45) is 0 Å². The lowest BCUT2D eigenvalue weighted by molar-refractivity contribution is -0.144. The number of carbonyl (C=O) groups is 1. The first-order valence-electron chi connectivity index (χ1n) is 7.91. The summed E-state index contributed by atoms with van der Waals surface area (Å²) in [5, 5.41) is 0. The first-order valence-corrected chi connectivity index (χ1v) is 7.91. The predicted octanol–water partition coefficient (Wildman–Crippen LogP) is 3.26. The largest absolute Gasteiger partial charge is 0.374 e. The van der Waals surface area contributed by atoms with Crippen LogP contribution >= 0.6 is 0 Å². The number of morpholine rings is 1. The lowest BCUT2D eigenvalue weighted by atomic mass is 9.90. The maximum Gasteiger partial charge on any atom is 0.247 e. The summed E-state index contributed by atoms with van der Waals surface area (Å²) >= 11 is 0. The molecule has 1 aromatic carbocycles. The lowest BCUT2D eigenvalue weighted by Crippen LogP contribution is -2.54. The average molecular weight is 285 g/mol. The fraction of sp³-hybridized carbons (Fsp3) is 0.500. The van der Waals surface area contributed by atoms with Crippen molar-refractivity contribution in [1.82, 2.24) is 4.90 Å². The Morgan fingerprint density at radius 3 is 2.81 bits per heavy atom. The van der Waals surface area contributed by atoms with Crippen LogP contribution in [-0.4, -0.2) is 36.1 Å². The van der Waals surface area contributed by atoms with Gasteiger partial charge in [-0.2, -0.15) is 0 Å². The number of benzene rings is 1. The van der Waals surface area contributed by atoms with Crippen molar-refractivity contribution in [2.75, 3.05) is 13.2 Å². The summed E-state index contributed by atoms with van der Waals surface area (Å²) in [5.74, 6) is 0.136. The van der Waals surface area contributed by atoms with Crippen molar-refractivity contribution in [1.29, 1.82) is 0 Å². The molecule has 1 amide bonds. The summed E-state index contributed by atoms with van der Waals surface area (Å²) in [4.78, 5) is 14.7. The molecule has 3 nitrogen and oxygen atoms in total. The quantitative estimate of drug-likeness (QED) is 0.781. The monoisotopic (exact) mass is 285 g/mol. The molecule has 0 radical (unpaired) electrons. The highest BCUT2D eigenvalue weighted by Gasteiger charge is 2.35. The molecule has 2 atom stereocenters. The van der Waals surface area contributed by atoms with E-state index in [1.807, 2.05) is 42.2 Å². The van der Waals surface area contributed by atoms with Crippen LogP contribution in [-0.2, 0) is 9.53 Å². The zero-order valence-electron chi connectivity index (χ0n) is 12.6. The van der Waals surface area contributed by atoms with Gasteiger partial charge in [0, 0.05) is 12.6 Å². The first-order chi connectivity index (χ1) is 10.3. The number of ether oxygens (including phenoxy) is 1. The molecule has 1 aliphatic carbocycles. The number of allylic oxidation sites excluding steroid dienone is 1. The Kier molecular flexibility index (Phi) is 4.39. The van der Waals surface area contributed by atoms with Gasteiger partial charge in [-0.1, -0.05) is 43.2 Å². The Balaban J connectivity index is 1.75. The minimum absolute atomic E-state index is 0.136. The van der Waals surface area contributed by atoms with Gasteiger partial charge in [-0.15, -0.1) is 0 Å². The third-order valence-corrected chi connectivity index (χ3v) is 4.58. The van der Waals surface area contributed by atoms with Crippen LogP contribution in [0.1, 0.15) is 38.2 Å². The number of amides is 1. The van der Waals surface area contributed by atoms with E-state index in [2.05, 4.69) is 0 Å². The first kappa shape index (κ1) is 14.3. The summed E-state index contributed by atoms with van der Waals surface area (Å²) in [7, 11) is 0. The van der Waals surface area contributed by atoms with Gasteiger partial charge in [-0.25, -0.2) is 0 Å². The Bertz CT molecular complexity index is 521. The minimum atomic E-state index is 0.136. The standard InChI is InChI=1S/C18H23NO2/c1-14(15-7-3-2-4-8-15)13-18(20)19-11-12-21-17-10-6-5-9-16(17)19/h2-4,7-8,13,16-17H,5-6,9-12H2,1H3/b14-13+. The van der Waals surface area contributed by atoms with E-state index >= 15 is 0 Å². The molecule has 2 aliphatic rings. The number of nitrogens with zero attached hydrogens (tertiary/aromatic N) is 1. The van der Waals surface area contributed by atoms with E-state index in [1.165, 1.54) is 12.8 Å². The van der Waals surface area contributed by atoms with Crippen molar-refractivity contribution >= 4 is 11.5 Å². The molecule has 1 aliphatic heterocycles. The van der Waals surface area contributed by atoms with E-state index < -0.39 is 0 Å². The van der Waals surface area contributed by atoms with Gasteiger partial charge in [0.25, 0.3) is 0 Å². The van der Waals surface area contributed by atoms with Gasteiger partial charge in [0.2, 0.25) is 5.91 Å². The van der Waals surface area contributed by atoms with Crippen LogP contribution < -0.4 is 0 Å². The molecule has 0 bridgehead atoms. The van der Waals surface area contributed by atoms with Crippen LogP contribution in [0.4, 0.5) is 0 Å². The van der Waals surface area contributed by atoms with E-state index in [4.69, 9.17) is 4.74 Å². The Morgan fingerprint density at radius 2 is 2.00 bits per heavy atom. The van der Waals surface area contributed by atoms with E-state index in [1.54, 1.807) is 6.08 Å². The topological polar surface area (TPSA) is 29.5 Å². The highest BCUT2D eigenvalue weighted by molar-refractivity contribution is 5.95. The van der Waals surface area contributed by atoms with Crippen LogP contribution in [0.2, 0.25) is 0 Å². The summed E-state index contributed by atoms with van der Waals surface area (Å²) in [6, 6.07) is 10.4. The normalized spacial score (nSPS) is 26.3. The van der Waals surface area contributed by atoms with Gasteiger partial charge < -0.3 is 9.64 Å². The molecule has 1 saturated heterocycles. The molecule has 3 rings (SSSR count). The highest BCUT2D eigenvalue weighted by Crippen LogP contribution is 2.29. The van der Waals surface area contributed by atoms with Crippen molar-refractivity contribution in [3.05, 3.63) is 42.0 Å². The summed E-state index contributed by atoms with van der Waals surface area (Å²) < 4.78 is 5.84. The summed E-state index contributed by atoms with van der Waals surface area (Å²) in [6.45, 7) is 3.40. The highest BCUT2D eigenvalue weighted by atomic mass is 16.5. The van der Waals surface area contributed by atoms with Crippen LogP contribution in [0, 0.1) is 0 Å². The molecule has 1 heterocycles. The Morgan fingerprint density at radius 1 is 1.24 bits per heavy atom. The second kappa shape index (κ2) is 6.44. The third-order valence-electron chi connectivity index (χ3n) is 4.58. The van der Waals surface area contributed by atoms with E-state index in [0.29, 0.717) is 6.61 Å². The second-order valence-corrected chi connectivity index (χ2v) is 5.99. The minimum Gasteiger partial charge on any atom is -0.374 e. The van der Waals surface area contributed by atoms with Gasteiger partial charge in [0.1, 0.15) is 0 Å². The third kappa shape index (κ3) is 3.18. The molecular formula is C18H23NO2. The summed E-state index contributed by atoms with van der Waals surface area (Å²) in [5.41, 5.74) is 2.14. The SMILES string of the molecule is C/C(=C\C(=O)N1CCOC2CCCCC21)c1ccccc1. The number of fused-ring (bicyclic) bond motifs is 1. The van der Waals surface area contributed by atoms with Crippen LogP contribution in [0.15, 0.2) is 36.4 Å². The second-order valence-electron chi connectivity index (χ2n) is 5.99. The van der Waals surface area contributed by atoms with Gasteiger partial charge in [0.05, 0.1) is 18.8 Å². The molecule has 21 heavy (non-hydrogen) atoms. The van der Waals surface area contributed by atoms with Crippen LogP contribution in [0.25, 0.3) is 5.57 Å². The molecule has 112 valence electrons. The average Bonchev–Trinajstić information content (AvgIpc) is 2.55. The zero-order chi connectivity index (χ0) is 14.7. The number of hydrogen-bond donors (Lipinski definition) is 0. The zero-order valence-corrected chi connectivity index (χ0v) is 12.6. The maximum atomic E-state index is 12.6. The fourth-order valence-electron chi connectivity index (χ4n) is 3.42. The van der Waals surface area contributed by atoms with Gasteiger partial charge in [-0.3, -0.25) is 4.79 Å². The molecule has 2 unspecified atom stereocenters. The predicted molar refractivity (Wildman–Crippen MR) is 83.8 cm³/mol. The molecule has 3 heteroatoms. The van der Waals surface area contributed by atoms with Crippen molar-refractivity contribution in [3.63, 3.8) is 0 Å². The lowest BCUT2D eigenvalue weighted by Gasteiger charge is -2.43. The molecular weight excluding hydrogens is 262 g/mol. The van der Waals surface area contributed by atoms with E-state index in [0.717, 1.165) is 30.5 Å². The molecule has 2 fully saturated rings. The molecule has 1 saturated carbocycles. The van der Waals surface area contributed by atoms with Crippen molar-refractivity contribution in [3.8, 4) is 0 Å². The van der Waals surface area contributed by atoms with Crippen molar-refractivity contribution in [2.45, 2.75) is 44.8 Å². The Hall–Kier alpha value is -1.61. The van der Waals surface area contributed by atoms with Crippen LogP contribution in [0.5, 0.6) is 0 Å². The van der Waals surface area contributed by atoms with Gasteiger partial charge >= 0.3 is 0 Å². The molecule has 0 spiro atoms. The van der Waals surface area contributed by atoms with Crippen LogP contribution in [0.3, 0.4) is 0 Å². The van der Waals surface area contributed by atoms with E-state index in [9.17, 15) is 4.79 Å². The summed E-state index contributed by atoms with van der Waals surface area (Å²) in [6.07, 6.45) is 6.64. The maximum absolute atomic E-state index is 12.6. The smallest absolute Gasteiger partial charge is 0.247 e. The number of rotatable bonds is 2. The molecule has 0 aromatic heterocycles. The van der Waals surface area contributed by atoms with Crippen molar-refractivity contribution < 1.29 is 9.53 Å². The molecule has 0 N–H and O–H groups in total.